The third-order valence-electron chi connectivity index (χ3n) is 5.04. The number of hydrogen-bond donors (Lipinski definition) is 2. The van der Waals surface area contributed by atoms with E-state index in [1.807, 2.05) is 33.8 Å². The van der Waals surface area contributed by atoms with Gasteiger partial charge < -0.3 is 15.5 Å². The highest BCUT2D eigenvalue weighted by molar-refractivity contribution is 6.12. The molecule has 4 rings (SSSR count). The van der Waals surface area contributed by atoms with Crippen molar-refractivity contribution in [3.63, 3.8) is 0 Å². The third-order valence-corrected chi connectivity index (χ3v) is 5.04. The Kier molecular flexibility index (Phi) is 5.06. The van der Waals surface area contributed by atoms with E-state index in [1.54, 1.807) is 41.2 Å². The fraction of sp³-hybridized carbons (Fsp3) is 0.217. The Hall–Kier alpha value is -3.94. The molecule has 0 saturated carbocycles. The van der Waals surface area contributed by atoms with Crippen LogP contribution in [0.2, 0.25) is 0 Å². The Morgan fingerprint density at radius 3 is 2.42 bits per heavy atom. The maximum atomic E-state index is 13.2. The molecule has 0 atom stereocenters. The molecule has 0 unspecified atom stereocenters. The van der Waals surface area contributed by atoms with Crippen LogP contribution in [0.4, 0.5) is 5.69 Å². The summed E-state index contributed by atoms with van der Waals surface area (Å²) in [5, 5.41) is 7.97. The predicted octanol–water partition coefficient (Wildman–Crippen LogP) is 4.24. The Balaban J connectivity index is 1.81. The van der Waals surface area contributed by atoms with Gasteiger partial charge in [-0.2, -0.15) is 5.10 Å². The lowest BCUT2D eigenvalue weighted by atomic mass is 10.1. The highest BCUT2D eigenvalue weighted by atomic mass is 16.3. The van der Waals surface area contributed by atoms with Crippen LogP contribution in [0.3, 0.4) is 0 Å². The largest absolute Gasteiger partial charge is 0.466 e. The summed E-state index contributed by atoms with van der Waals surface area (Å²) in [4.78, 5) is 29.3. The van der Waals surface area contributed by atoms with Crippen molar-refractivity contribution in [1.82, 2.24) is 14.8 Å². The van der Waals surface area contributed by atoms with Gasteiger partial charge in [-0.1, -0.05) is 0 Å². The SMILES string of the molecule is Cc1cc(-c2cc(C(=O)Nc3ccc(C(N)=O)cc3)c3cnn(C(C)C)c3n2)c(C)o1. The van der Waals surface area contributed by atoms with E-state index in [1.165, 1.54) is 0 Å². The number of aryl methyl sites for hydroxylation is 2. The van der Waals surface area contributed by atoms with Crippen molar-refractivity contribution in [3.05, 3.63) is 65.2 Å². The van der Waals surface area contributed by atoms with Crippen molar-refractivity contribution in [2.24, 2.45) is 5.73 Å². The molecule has 2 amide bonds. The molecular weight excluding hydrogens is 394 g/mol. The first-order chi connectivity index (χ1) is 14.7. The van der Waals surface area contributed by atoms with Gasteiger partial charge in [-0.25, -0.2) is 9.67 Å². The molecule has 0 spiro atoms. The molecule has 0 radical (unpaired) electrons. The number of nitrogens with one attached hydrogen (secondary N) is 1. The molecule has 31 heavy (non-hydrogen) atoms. The second-order valence-corrected chi connectivity index (χ2v) is 7.70. The number of primary amides is 1. The number of fused-ring (bicyclic) bond motifs is 1. The monoisotopic (exact) mass is 417 g/mol. The number of aromatic nitrogens is 3. The lowest BCUT2D eigenvalue weighted by molar-refractivity contribution is 0.0998. The summed E-state index contributed by atoms with van der Waals surface area (Å²) in [7, 11) is 0. The maximum Gasteiger partial charge on any atom is 0.256 e. The first-order valence-electron chi connectivity index (χ1n) is 9.91. The van der Waals surface area contributed by atoms with Crippen molar-refractivity contribution in [2.75, 3.05) is 5.32 Å². The second-order valence-electron chi connectivity index (χ2n) is 7.70. The molecule has 0 saturated heterocycles. The maximum absolute atomic E-state index is 13.2. The quantitative estimate of drug-likeness (QED) is 0.504. The molecule has 3 N–H and O–H groups in total. The smallest absolute Gasteiger partial charge is 0.256 e. The van der Waals surface area contributed by atoms with Crippen molar-refractivity contribution in [1.29, 1.82) is 0 Å². The van der Waals surface area contributed by atoms with Crippen LogP contribution >= 0.6 is 0 Å². The van der Waals surface area contributed by atoms with Crippen molar-refractivity contribution in [3.8, 4) is 11.3 Å². The van der Waals surface area contributed by atoms with Gasteiger partial charge in [0.1, 0.15) is 11.5 Å². The molecule has 0 fully saturated rings. The minimum atomic E-state index is -0.523. The molecule has 4 aromatic rings. The lowest BCUT2D eigenvalue weighted by Gasteiger charge is -2.11. The van der Waals surface area contributed by atoms with Gasteiger partial charge in [-0.3, -0.25) is 9.59 Å². The van der Waals surface area contributed by atoms with E-state index in [2.05, 4.69) is 10.4 Å². The summed E-state index contributed by atoms with van der Waals surface area (Å²) in [6, 6.07) is 10.1. The van der Waals surface area contributed by atoms with Crippen LogP contribution in [0.5, 0.6) is 0 Å². The molecule has 8 nitrogen and oxygen atoms in total. The van der Waals surface area contributed by atoms with Crippen LogP contribution in [0.25, 0.3) is 22.3 Å². The molecular formula is C23H23N5O3. The number of carbonyl (C=O) groups is 2. The number of anilines is 1. The average Bonchev–Trinajstić information content (AvgIpc) is 3.30. The van der Waals surface area contributed by atoms with E-state index in [9.17, 15) is 9.59 Å². The molecule has 0 aliphatic rings. The topological polar surface area (TPSA) is 116 Å². The Labute approximate surface area is 179 Å². The summed E-state index contributed by atoms with van der Waals surface area (Å²) in [6.45, 7) is 7.76. The van der Waals surface area contributed by atoms with E-state index in [0.717, 1.165) is 17.1 Å². The molecule has 0 aliphatic carbocycles. The Bertz CT molecular complexity index is 1300. The van der Waals surface area contributed by atoms with Crippen LogP contribution in [-0.4, -0.2) is 26.6 Å². The van der Waals surface area contributed by atoms with Crippen LogP contribution in [0.15, 0.2) is 47.0 Å². The first kappa shape index (κ1) is 20.3. The minimum absolute atomic E-state index is 0.0738. The van der Waals surface area contributed by atoms with Gasteiger partial charge >= 0.3 is 0 Å². The standard InChI is InChI=1S/C23H23N5O3/c1-12(2)28-22-19(11-25-28)18(10-20(27-22)17-9-13(3)31-14(17)4)23(30)26-16-7-5-15(6-8-16)21(24)29/h5-12H,1-4H3,(H2,24,29)(H,26,30). The average molecular weight is 417 g/mol. The number of hydrogen-bond acceptors (Lipinski definition) is 5. The molecule has 0 bridgehead atoms. The number of nitrogens with zero attached hydrogens (tertiary/aromatic N) is 3. The Morgan fingerprint density at radius 2 is 1.84 bits per heavy atom. The predicted molar refractivity (Wildman–Crippen MR) is 118 cm³/mol. The van der Waals surface area contributed by atoms with Gasteiger partial charge in [-0.15, -0.1) is 0 Å². The lowest BCUT2D eigenvalue weighted by Crippen LogP contribution is -2.14. The zero-order valence-corrected chi connectivity index (χ0v) is 17.8. The van der Waals surface area contributed by atoms with Crippen molar-refractivity contribution < 1.29 is 14.0 Å². The van der Waals surface area contributed by atoms with Gasteiger partial charge in [0, 0.05) is 22.9 Å². The first-order valence-corrected chi connectivity index (χ1v) is 9.91. The molecule has 3 heterocycles. The van der Waals surface area contributed by atoms with Crippen LogP contribution in [-0.2, 0) is 0 Å². The van der Waals surface area contributed by atoms with E-state index < -0.39 is 5.91 Å². The van der Waals surface area contributed by atoms with Crippen molar-refractivity contribution >= 4 is 28.5 Å². The fourth-order valence-corrected chi connectivity index (χ4v) is 3.52. The number of carbonyl (C=O) groups excluding carboxylic acids is 2. The molecule has 8 heteroatoms. The summed E-state index contributed by atoms with van der Waals surface area (Å²) >= 11 is 0. The summed E-state index contributed by atoms with van der Waals surface area (Å²) < 4.78 is 7.46. The normalized spacial score (nSPS) is 11.3. The Morgan fingerprint density at radius 1 is 1.13 bits per heavy atom. The van der Waals surface area contributed by atoms with Gasteiger partial charge in [0.05, 0.1) is 22.8 Å². The number of pyridine rings is 1. The number of amides is 2. The second kappa shape index (κ2) is 7.71. The van der Waals surface area contributed by atoms with Crippen LogP contribution in [0, 0.1) is 13.8 Å². The third kappa shape index (κ3) is 3.79. The molecule has 0 aliphatic heterocycles. The zero-order chi connectivity index (χ0) is 22.3. The number of furan rings is 1. The number of benzene rings is 1. The zero-order valence-electron chi connectivity index (χ0n) is 17.8. The fourth-order valence-electron chi connectivity index (χ4n) is 3.52. The van der Waals surface area contributed by atoms with Crippen LogP contribution in [0.1, 0.15) is 52.1 Å². The van der Waals surface area contributed by atoms with Crippen LogP contribution < -0.4 is 11.1 Å². The van der Waals surface area contributed by atoms with E-state index in [0.29, 0.717) is 33.5 Å². The number of rotatable bonds is 5. The summed E-state index contributed by atoms with van der Waals surface area (Å²) in [5.41, 5.74) is 8.74. The van der Waals surface area contributed by atoms with E-state index >= 15 is 0 Å². The highest BCUT2D eigenvalue weighted by Gasteiger charge is 2.20. The van der Waals surface area contributed by atoms with Gasteiger partial charge in [-0.05, 0) is 64.1 Å². The number of nitrogens with two attached hydrogens (primary N) is 1. The molecule has 1 aromatic carbocycles. The highest BCUT2D eigenvalue weighted by Crippen LogP contribution is 2.30. The van der Waals surface area contributed by atoms with Gasteiger partial charge in [0.15, 0.2) is 5.65 Å². The van der Waals surface area contributed by atoms with Gasteiger partial charge in [0.25, 0.3) is 5.91 Å². The van der Waals surface area contributed by atoms with E-state index in [4.69, 9.17) is 15.1 Å². The van der Waals surface area contributed by atoms with Gasteiger partial charge in [0.2, 0.25) is 5.91 Å². The van der Waals surface area contributed by atoms with Crippen molar-refractivity contribution in [2.45, 2.75) is 33.7 Å². The minimum Gasteiger partial charge on any atom is -0.466 e. The molecule has 158 valence electrons. The molecule has 3 aromatic heterocycles. The summed E-state index contributed by atoms with van der Waals surface area (Å²) in [5.74, 6) is 0.674. The van der Waals surface area contributed by atoms with E-state index in [-0.39, 0.29) is 11.9 Å². The summed E-state index contributed by atoms with van der Waals surface area (Å²) in [6.07, 6.45) is 1.66.